The van der Waals surface area contributed by atoms with E-state index in [1.807, 2.05) is 0 Å². The maximum atomic E-state index is 12.9. The van der Waals surface area contributed by atoms with Crippen molar-refractivity contribution in [1.29, 1.82) is 0 Å². The summed E-state index contributed by atoms with van der Waals surface area (Å²) in [5.41, 5.74) is -1.02. The molecule has 1 aromatic carbocycles. The zero-order chi connectivity index (χ0) is 16.4. The molecule has 0 saturated carbocycles. The lowest BCUT2D eigenvalue weighted by molar-refractivity contribution is -0.152. The molecule has 7 heteroatoms. The molecule has 0 heterocycles. The van der Waals surface area contributed by atoms with Gasteiger partial charge in [0.05, 0.1) is 11.8 Å². The molecule has 1 N–H and O–H groups in total. The maximum absolute atomic E-state index is 12.9. The van der Waals surface area contributed by atoms with Crippen LogP contribution in [0.2, 0.25) is 0 Å². The van der Waals surface area contributed by atoms with Gasteiger partial charge in [0.2, 0.25) is 0 Å². The van der Waals surface area contributed by atoms with Crippen LogP contribution in [0.25, 0.3) is 0 Å². The van der Waals surface area contributed by atoms with Gasteiger partial charge >= 0.3 is 12.4 Å². The molecule has 0 amide bonds. The molecule has 1 rings (SSSR count). The largest absolute Gasteiger partial charge is 0.507 e. The minimum Gasteiger partial charge on any atom is -0.507 e. The molecule has 2 unspecified atom stereocenters. The van der Waals surface area contributed by atoms with Crippen molar-refractivity contribution in [3.63, 3.8) is 0 Å². The number of alkyl halides is 6. The lowest BCUT2D eigenvalue weighted by Gasteiger charge is -2.24. The van der Waals surface area contributed by atoms with Crippen molar-refractivity contribution in [2.45, 2.75) is 50.9 Å². The van der Waals surface area contributed by atoms with Gasteiger partial charge in [-0.1, -0.05) is 32.0 Å². The zero-order valence-corrected chi connectivity index (χ0v) is 11.5. The van der Waals surface area contributed by atoms with Crippen LogP contribution in [0.1, 0.15) is 49.7 Å². The normalized spacial score (nSPS) is 15.8. The van der Waals surface area contributed by atoms with Gasteiger partial charge in [0.1, 0.15) is 5.75 Å². The third-order valence-electron chi connectivity index (χ3n) is 3.46. The first-order valence-corrected chi connectivity index (χ1v) is 6.49. The van der Waals surface area contributed by atoms with E-state index in [9.17, 15) is 31.4 Å². The first kappa shape index (κ1) is 17.7. The highest BCUT2D eigenvalue weighted by Gasteiger charge is 2.44. The average Bonchev–Trinajstić information content (AvgIpc) is 2.31. The monoisotopic (exact) mass is 314 g/mol. The van der Waals surface area contributed by atoms with Crippen LogP contribution < -0.4 is 0 Å². The Hall–Kier alpha value is -1.40. The highest BCUT2D eigenvalue weighted by atomic mass is 19.4. The van der Waals surface area contributed by atoms with Crippen molar-refractivity contribution in [3.8, 4) is 5.75 Å². The molecule has 0 radical (unpaired) electrons. The number of benzene rings is 1. The number of phenols is 1. The number of hydrogen-bond acceptors (Lipinski definition) is 1. The van der Waals surface area contributed by atoms with Crippen LogP contribution in [0.5, 0.6) is 5.75 Å². The van der Waals surface area contributed by atoms with E-state index in [4.69, 9.17) is 0 Å². The van der Waals surface area contributed by atoms with Gasteiger partial charge in [-0.2, -0.15) is 26.3 Å². The second-order valence-corrected chi connectivity index (χ2v) is 4.79. The third-order valence-corrected chi connectivity index (χ3v) is 3.46. The van der Waals surface area contributed by atoms with Crippen LogP contribution in [-0.4, -0.2) is 17.5 Å². The highest BCUT2D eigenvalue weighted by Crippen LogP contribution is 2.46. The Kier molecular flexibility index (Phi) is 5.17. The van der Waals surface area contributed by atoms with Crippen LogP contribution in [0.3, 0.4) is 0 Å². The van der Waals surface area contributed by atoms with Crippen LogP contribution in [0.15, 0.2) is 18.2 Å². The molecule has 0 aromatic heterocycles. The van der Waals surface area contributed by atoms with E-state index in [0.29, 0.717) is 0 Å². The number of halogens is 6. The predicted octanol–water partition coefficient (Wildman–Crippen LogP) is 5.50. The Labute approximate surface area is 118 Å². The van der Waals surface area contributed by atoms with Crippen LogP contribution >= 0.6 is 0 Å². The van der Waals surface area contributed by atoms with Crippen molar-refractivity contribution in [3.05, 3.63) is 29.3 Å². The molecule has 0 aliphatic carbocycles. The molecular formula is C14H16F6O. The van der Waals surface area contributed by atoms with E-state index in [2.05, 4.69) is 0 Å². The van der Waals surface area contributed by atoms with Crippen LogP contribution in [0.4, 0.5) is 26.3 Å². The standard InChI is InChI=1S/C14H16F6O/c1-3-10(13(15,16)17)8-6-5-7-9(12(8)21)11(4-2)14(18,19)20/h5-7,10-11,21H,3-4H2,1-2H3. The molecular weight excluding hydrogens is 298 g/mol. The summed E-state index contributed by atoms with van der Waals surface area (Å²) >= 11 is 0. The van der Waals surface area contributed by atoms with Crippen molar-refractivity contribution in [2.24, 2.45) is 0 Å². The maximum Gasteiger partial charge on any atom is 0.395 e. The second-order valence-electron chi connectivity index (χ2n) is 4.79. The lowest BCUT2D eigenvalue weighted by atomic mass is 9.88. The van der Waals surface area contributed by atoms with E-state index in [1.165, 1.54) is 13.8 Å². The van der Waals surface area contributed by atoms with Crippen LogP contribution in [0, 0.1) is 0 Å². The van der Waals surface area contributed by atoms with E-state index < -0.39 is 41.1 Å². The Balaban J connectivity index is 3.38. The summed E-state index contributed by atoms with van der Waals surface area (Å²) in [4.78, 5) is 0. The van der Waals surface area contributed by atoms with Gasteiger partial charge in [0, 0.05) is 11.1 Å². The third kappa shape index (κ3) is 3.83. The van der Waals surface area contributed by atoms with Gasteiger partial charge in [-0.05, 0) is 12.8 Å². The van der Waals surface area contributed by atoms with Crippen LogP contribution in [-0.2, 0) is 0 Å². The first-order valence-electron chi connectivity index (χ1n) is 6.49. The molecule has 0 aliphatic rings. The molecule has 1 aromatic rings. The van der Waals surface area contributed by atoms with Gasteiger partial charge < -0.3 is 5.11 Å². The second kappa shape index (κ2) is 6.15. The fourth-order valence-corrected chi connectivity index (χ4v) is 2.40. The average molecular weight is 314 g/mol. The molecule has 120 valence electrons. The fraction of sp³-hybridized carbons (Fsp3) is 0.571. The minimum absolute atomic E-state index is 0.358. The minimum atomic E-state index is -4.62. The molecule has 0 spiro atoms. The fourth-order valence-electron chi connectivity index (χ4n) is 2.40. The molecule has 0 aliphatic heterocycles. The number of rotatable bonds is 4. The summed E-state index contributed by atoms with van der Waals surface area (Å²) in [6, 6.07) is 3.15. The number of hydrogen-bond donors (Lipinski definition) is 1. The number of para-hydroxylation sites is 1. The highest BCUT2D eigenvalue weighted by molar-refractivity contribution is 5.45. The van der Waals surface area contributed by atoms with Gasteiger partial charge in [-0.15, -0.1) is 0 Å². The Morgan fingerprint density at radius 3 is 1.43 bits per heavy atom. The van der Waals surface area contributed by atoms with Gasteiger partial charge in [-0.3, -0.25) is 0 Å². The van der Waals surface area contributed by atoms with Crippen molar-refractivity contribution in [1.82, 2.24) is 0 Å². The molecule has 0 bridgehead atoms. The lowest BCUT2D eigenvalue weighted by Crippen LogP contribution is -2.23. The predicted molar refractivity (Wildman–Crippen MR) is 66.3 cm³/mol. The quantitative estimate of drug-likeness (QED) is 0.727. The molecule has 0 saturated heterocycles. The van der Waals surface area contributed by atoms with Gasteiger partial charge in [0.15, 0.2) is 0 Å². The molecule has 21 heavy (non-hydrogen) atoms. The Morgan fingerprint density at radius 1 is 0.857 bits per heavy atom. The topological polar surface area (TPSA) is 20.2 Å². The van der Waals surface area contributed by atoms with Crippen molar-refractivity contribution < 1.29 is 31.4 Å². The van der Waals surface area contributed by atoms with E-state index >= 15 is 0 Å². The van der Waals surface area contributed by atoms with Gasteiger partial charge in [-0.25, -0.2) is 0 Å². The number of phenolic OH excluding ortho intramolecular Hbond substituents is 1. The molecule has 0 fully saturated rings. The first-order chi connectivity index (χ1) is 9.54. The van der Waals surface area contributed by atoms with E-state index in [-0.39, 0.29) is 12.8 Å². The number of aromatic hydroxyl groups is 1. The Bertz CT molecular complexity index is 437. The summed E-state index contributed by atoms with van der Waals surface area (Å²) in [5.74, 6) is -4.88. The van der Waals surface area contributed by atoms with Crippen molar-refractivity contribution >= 4 is 0 Å². The summed E-state index contributed by atoms with van der Waals surface area (Å²) in [5, 5.41) is 9.92. The summed E-state index contributed by atoms with van der Waals surface area (Å²) < 4.78 is 77.4. The van der Waals surface area contributed by atoms with Crippen molar-refractivity contribution in [2.75, 3.05) is 0 Å². The van der Waals surface area contributed by atoms with E-state index in [1.54, 1.807) is 0 Å². The van der Waals surface area contributed by atoms with Gasteiger partial charge in [0.25, 0.3) is 0 Å². The van der Waals surface area contributed by atoms with E-state index in [0.717, 1.165) is 18.2 Å². The Morgan fingerprint density at radius 2 is 1.19 bits per heavy atom. The molecule has 1 nitrogen and oxygen atoms in total. The molecule has 2 atom stereocenters. The smallest absolute Gasteiger partial charge is 0.395 e. The summed E-state index contributed by atoms with van der Waals surface area (Å²) in [7, 11) is 0. The summed E-state index contributed by atoms with van der Waals surface area (Å²) in [6.45, 7) is 2.54. The summed E-state index contributed by atoms with van der Waals surface area (Å²) in [6.07, 6.45) is -9.96. The SMILES string of the molecule is CCC(c1cccc(C(CC)C(F)(F)F)c1O)C(F)(F)F. The zero-order valence-electron chi connectivity index (χ0n) is 11.5.